The summed E-state index contributed by atoms with van der Waals surface area (Å²) in [5, 5.41) is 0.376. The summed E-state index contributed by atoms with van der Waals surface area (Å²) in [5.74, 6) is 0. The Labute approximate surface area is 172 Å². The summed E-state index contributed by atoms with van der Waals surface area (Å²) in [6, 6.07) is 2.66. The van der Waals surface area contributed by atoms with Gasteiger partial charge in [-0.3, -0.25) is 14.7 Å². The van der Waals surface area contributed by atoms with Crippen LogP contribution in [0.15, 0.2) is 0 Å². The van der Waals surface area contributed by atoms with Crippen LogP contribution in [0, 0.1) is 0 Å². The summed E-state index contributed by atoms with van der Waals surface area (Å²) >= 11 is 4.60. The average molecular weight is 399 g/mol. The molecule has 0 radical (unpaired) electrons. The number of piperazine rings is 1. The fraction of sp³-hybridized carbons (Fsp3) is 1.00. The lowest BCUT2D eigenvalue weighted by molar-refractivity contribution is -0.0540. The number of rotatable bonds is 6. The number of hydrogen-bond donors (Lipinski definition) is 1. The molecule has 0 bridgehead atoms. The number of thiol groups is 1. The van der Waals surface area contributed by atoms with Gasteiger partial charge < -0.3 is 9.64 Å². The molecule has 3 aliphatic heterocycles. The maximum Gasteiger partial charge on any atom is 0.0623 e. The highest BCUT2D eigenvalue weighted by Gasteiger charge is 2.34. The second-order valence-corrected chi connectivity index (χ2v) is 9.86. The van der Waals surface area contributed by atoms with Crippen molar-refractivity contribution < 1.29 is 4.74 Å². The monoisotopic (exact) mass is 398 g/mol. The first-order valence-corrected chi connectivity index (χ1v) is 11.7. The molecular weight excluding hydrogens is 356 g/mol. The molecule has 0 saturated carbocycles. The number of morpholine rings is 1. The molecule has 5 nitrogen and oxygen atoms in total. The van der Waals surface area contributed by atoms with Crippen molar-refractivity contribution in [2.75, 3.05) is 59.0 Å². The number of ether oxygens (including phenoxy) is 1. The molecule has 0 N–H and O–H groups in total. The van der Waals surface area contributed by atoms with Crippen LogP contribution in [-0.4, -0.2) is 108 Å². The highest BCUT2D eigenvalue weighted by Crippen LogP contribution is 2.25. The Morgan fingerprint density at radius 1 is 0.852 bits per heavy atom. The highest BCUT2D eigenvalue weighted by molar-refractivity contribution is 7.80. The van der Waals surface area contributed by atoms with Gasteiger partial charge in [-0.05, 0) is 60.0 Å². The Morgan fingerprint density at radius 3 is 2.07 bits per heavy atom. The third-order valence-corrected chi connectivity index (χ3v) is 7.41. The van der Waals surface area contributed by atoms with E-state index in [2.05, 4.69) is 59.9 Å². The normalized spacial score (nSPS) is 30.7. The van der Waals surface area contributed by atoms with E-state index in [4.69, 9.17) is 4.74 Å². The highest BCUT2D eigenvalue weighted by atomic mass is 32.1. The van der Waals surface area contributed by atoms with E-state index in [1.807, 2.05) is 0 Å². The quantitative estimate of drug-likeness (QED) is 0.691. The molecule has 0 aromatic carbocycles. The van der Waals surface area contributed by atoms with Crippen LogP contribution >= 0.6 is 12.6 Å². The minimum Gasteiger partial charge on any atom is -0.378 e. The van der Waals surface area contributed by atoms with Gasteiger partial charge in [0, 0.05) is 62.3 Å². The van der Waals surface area contributed by atoms with E-state index in [9.17, 15) is 0 Å². The minimum atomic E-state index is 0.376. The van der Waals surface area contributed by atoms with Crippen LogP contribution in [0.2, 0.25) is 0 Å². The molecule has 3 rings (SSSR count). The summed E-state index contributed by atoms with van der Waals surface area (Å²) in [6.45, 7) is 19.4. The van der Waals surface area contributed by atoms with Crippen molar-refractivity contribution in [3.63, 3.8) is 0 Å². The fourth-order valence-corrected chi connectivity index (χ4v) is 5.41. The van der Waals surface area contributed by atoms with E-state index in [-0.39, 0.29) is 0 Å². The molecule has 158 valence electrons. The van der Waals surface area contributed by atoms with Crippen LogP contribution in [0.4, 0.5) is 0 Å². The summed E-state index contributed by atoms with van der Waals surface area (Å²) in [5.41, 5.74) is 0. The lowest BCUT2D eigenvalue weighted by Gasteiger charge is -2.47. The van der Waals surface area contributed by atoms with Crippen LogP contribution in [0.25, 0.3) is 0 Å². The summed E-state index contributed by atoms with van der Waals surface area (Å²) in [4.78, 5) is 10.6. The summed E-state index contributed by atoms with van der Waals surface area (Å²) in [7, 11) is 0. The van der Waals surface area contributed by atoms with Gasteiger partial charge in [-0.15, -0.1) is 0 Å². The van der Waals surface area contributed by atoms with Crippen molar-refractivity contribution in [3.05, 3.63) is 0 Å². The molecule has 3 heterocycles. The zero-order valence-electron chi connectivity index (χ0n) is 18.0. The number of nitrogens with zero attached hydrogens (tertiary/aromatic N) is 4. The van der Waals surface area contributed by atoms with Crippen LogP contribution in [-0.2, 0) is 4.74 Å². The van der Waals surface area contributed by atoms with E-state index in [1.54, 1.807) is 0 Å². The van der Waals surface area contributed by atoms with Gasteiger partial charge in [-0.25, -0.2) is 0 Å². The van der Waals surface area contributed by atoms with Gasteiger partial charge in [0.1, 0.15) is 0 Å². The average Bonchev–Trinajstić information content (AvgIpc) is 2.68. The van der Waals surface area contributed by atoms with Crippen molar-refractivity contribution in [2.24, 2.45) is 0 Å². The van der Waals surface area contributed by atoms with Gasteiger partial charge in [0.2, 0.25) is 0 Å². The van der Waals surface area contributed by atoms with E-state index in [0.29, 0.717) is 23.5 Å². The molecule has 3 fully saturated rings. The van der Waals surface area contributed by atoms with E-state index in [0.717, 1.165) is 38.9 Å². The van der Waals surface area contributed by atoms with Crippen molar-refractivity contribution in [2.45, 2.75) is 76.5 Å². The number of hydrogen-bond acceptors (Lipinski definition) is 6. The van der Waals surface area contributed by atoms with Crippen molar-refractivity contribution >= 4 is 12.6 Å². The Bertz CT molecular complexity index is 434. The molecule has 27 heavy (non-hydrogen) atoms. The first-order chi connectivity index (χ1) is 13.0. The molecule has 3 aliphatic rings. The van der Waals surface area contributed by atoms with Gasteiger partial charge in [-0.2, -0.15) is 12.6 Å². The molecule has 3 saturated heterocycles. The van der Waals surface area contributed by atoms with Crippen molar-refractivity contribution in [1.29, 1.82) is 0 Å². The largest absolute Gasteiger partial charge is 0.378 e. The van der Waals surface area contributed by atoms with Crippen LogP contribution < -0.4 is 0 Å². The van der Waals surface area contributed by atoms with Crippen LogP contribution in [0.5, 0.6) is 0 Å². The zero-order valence-corrected chi connectivity index (χ0v) is 18.9. The summed E-state index contributed by atoms with van der Waals surface area (Å²) in [6.07, 6.45) is 3.88. The molecule has 0 spiro atoms. The second-order valence-electron chi connectivity index (χ2n) is 9.12. The topological polar surface area (TPSA) is 22.2 Å². The zero-order chi connectivity index (χ0) is 19.4. The predicted molar refractivity (Wildman–Crippen MR) is 117 cm³/mol. The van der Waals surface area contributed by atoms with Gasteiger partial charge in [0.25, 0.3) is 0 Å². The first-order valence-electron chi connectivity index (χ1n) is 11.2. The maximum atomic E-state index is 5.91. The molecule has 0 aromatic rings. The molecular formula is C21H42N4OS. The first kappa shape index (κ1) is 21.8. The number of likely N-dealkylation sites (tertiary alicyclic amines) is 1. The SMILES string of the molecule is CC(C)N1CCC(N2CCOCC2CC(C)N2CCN(C(C)S)CC2)CC1. The van der Waals surface area contributed by atoms with Crippen molar-refractivity contribution in [1.82, 2.24) is 19.6 Å². The van der Waals surface area contributed by atoms with E-state index < -0.39 is 0 Å². The third-order valence-electron chi connectivity index (χ3n) is 7.09. The predicted octanol–water partition coefficient (Wildman–Crippen LogP) is 2.23. The third kappa shape index (κ3) is 5.83. The Hall–Kier alpha value is 0.150. The minimum absolute atomic E-state index is 0.376. The lowest BCUT2D eigenvalue weighted by atomic mass is 9.96. The summed E-state index contributed by atoms with van der Waals surface area (Å²) < 4.78 is 5.91. The smallest absolute Gasteiger partial charge is 0.0623 e. The van der Waals surface area contributed by atoms with Crippen LogP contribution in [0.1, 0.15) is 47.0 Å². The molecule has 3 atom stereocenters. The Balaban J connectivity index is 1.50. The standard InChI is InChI=1S/C21H42N4OS/c1-17(2)22-7-5-20(6-8-22)25-13-14-26-16-21(25)15-18(3)23-9-11-24(12-10-23)19(4)27/h17-21,27H,5-16H2,1-4H3. The van der Waals surface area contributed by atoms with E-state index >= 15 is 0 Å². The Kier molecular flexibility index (Phi) is 8.30. The van der Waals surface area contributed by atoms with Crippen molar-refractivity contribution in [3.8, 4) is 0 Å². The number of piperidine rings is 1. The van der Waals surface area contributed by atoms with E-state index in [1.165, 1.54) is 45.4 Å². The van der Waals surface area contributed by atoms with Gasteiger partial charge >= 0.3 is 0 Å². The van der Waals surface area contributed by atoms with Gasteiger partial charge in [0.15, 0.2) is 0 Å². The second kappa shape index (κ2) is 10.3. The molecule has 0 amide bonds. The van der Waals surface area contributed by atoms with Crippen LogP contribution in [0.3, 0.4) is 0 Å². The molecule has 0 aliphatic carbocycles. The molecule has 3 unspecified atom stereocenters. The molecule has 0 aromatic heterocycles. The fourth-order valence-electron chi connectivity index (χ4n) is 5.18. The molecule has 6 heteroatoms. The van der Waals surface area contributed by atoms with Gasteiger partial charge in [-0.1, -0.05) is 0 Å². The Morgan fingerprint density at radius 2 is 1.48 bits per heavy atom. The lowest BCUT2D eigenvalue weighted by Crippen LogP contribution is -2.57. The maximum absolute atomic E-state index is 5.91. The van der Waals surface area contributed by atoms with Gasteiger partial charge in [0.05, 0.1) is 13.2 Å².